The van der Waals surface area contributed by atoms with E-state index in [1.807, 2.05) is 29.7 Å². The number of nitrogens with zero attached hydrogens (tertiary/aromatic N) is 7. The Kier molecular flexibility index (Phi) is 4.76. The minimum absolute atomic E-state index is 0.0326. The molecule has 0 amide bonds. The third-order valence-electron chi connectivity index (χ3n) is 4.30. The summed E-state index contributed by atoms with van der Waals surface area (Å²) in [5.74, 6) is 1.16. The summed E-state index contributed by atoms with van der Waals surface area (Å²) >= 11 is 0. The van der Waals surface area contributed by atoms with Crippen molar-refractivity contribution in [1.82, 2.24) is 34.1 Å². The summed E-state index contributed by atoms with van der Waals surface area (Å²) in [5, 5.41) is 16.3. The first-order valence-corrected chi connectivity index (χ1v) is 8.61. The molecule has 12 heteroatoms. The first kappa shape index (κ1) is 18.7. The highest BCUT2D eigenvalue weighted by Gasteiger charge is 2.18. The predicted octanol–water partition coefficient (Wildman–Crippen LogP) is 1.81. The summed E-state index contributed by atoms with van der Waals surface area (Å²) in [4.78, 5) is 16.8. The number of hydrogen-bond donors (Lipinski definition) is 3. The van der Waals surface area contributed by atoms with E-state index >= 15 is 0 Å². The Labute approximate surface area is 163 Å². The average Bonchev–Trinajstić information content (AvgIpc) is 3.33. The molecule has 10 nitrogen and oxygen atoms in total. The molecule has 4 heterocycles. The molecule has 0 bridgehead atoms. The largest absolute Gasteiger partial charge is 0.394 e. The number of nitrogen functional groups attached to an aromatic ring is 1. The lowest BCUT2D eigenvalue weighted by molar-refractivity contribution is 0.0559. The highest BCUT2D eigenvalue weighted by molar-refractivity contribution is 5.61. The van der Waals surface area contributed by atoms with E-state index in [4.69, 9.17) is 5.73 Å². The number of aliphatic hydroxyl groups excluding tert-OH is 1. The summed E-state index contributed by atoms with van der Waals surface area (Å²) in [6, 6.07) is 4.27. The van der Waals surface area contributed by atoms with Crippen molar-refractivity contribution in [2.45, 2.75) is 19.5 Å². The van der Waals surface area contributed by atoms with Gasteiger partial charge in [-0.25, -0.2) is 9.67 Å². The van der Waals surface area contributed by atoms with Crippen LogP contribution in [0.4, 0.5) is 20.7 Å². The van der Waals surface area contributed by atoms with Crippen molar-refractivity contribution in [2.24, 2.45) is 0 Å². The zero-order chi connectivity index (χ0) is 20.5. The van der Waals surface area contributed by atoms with Crippen LogP contribution in [0.1, 0.15) is 24.1 Å². The van der Waals surface area contributed by atoms with Crippen LogP contribution < -0.4 is 11.1 Å². The molecule has 0 fully saturated rings. The highest BCUT2D eigenvalue weighted by atomic mass is 19.3. The fourth-order valence-corrected chi connectivity index (χ4v) is 2.85. The van der Waals surface area contributed by atoms with Crippen molar-refractivity contribution in [3.05, 3.63) is 48.3 Å². The maximum absolute atomic E-state index is 12.7. The van der Waals surface area contributed by atoms with Gasteiger partial charge in [0, 0.05) is 18.0 Å². The number of aryl methyl sites for hydroxylation is 1. The van der Waals surface area contributed by atoms with Crippen LogP contribution in [0.3, 0.4) is 0 Å². The van der Waals surface area contributed by atoms with Gasteiger partial charge in [0.25, 0.3) is 0 Å². The fraction of sp³-hybridized carbons (Fsp3) is 0.235. The minimum Gasteiger partial charge on any atom is -0.394 e. The van der Waals surface area contributed by atoms with E-state index in [9.17, 15) is 13.9 Å². The van der Waals surface area contributed by atoms with Crippen LogP contribution in [0.15, 0.2) is 36.8 Å². The number of aliphatic hydroxyl groups is 1. The van der Waals surface area contributed by atoms with Crippen LogP contribution in [0.5, 0.6) is 0 Å². The van der Waals surface area contributed by atoms with Gasteiger partial charge in [-0.05, 0) is 25.1 Å². The van der Waals surface area contributed by atoms with Gasteiger partial charge in [-0.1, -0.05) is 0 Å². The Morgan fingerprint density at radius 1 is 1.21 bits per heavy atom. The van der Waals surface area contributed by atoms with E-state index < -0.39 is 19.2 Å². The number of imidazole rings is 1. The highest BCUT2D eigenvalue weighted by Crippen LogP contribution is 2.22. The molecule has 0 spiro atoms. The van der Waals surface area contributed by atoms with Gasteiger partial charge in [-0.3, -0.25) is 0 Å². The van der Waals surface area contributed by atoms with Gasteiger partial charge in [0.2, 0.25) is 11.9 Å². The molecule has 29 heavy (non-hydrogen) atoms. The maximum Gasteiger partial charge on any atom is 0.333 e. The molecule has 0 saturated heterocycles. The first-order valence-electron chi connectivity index (χ1n) is 8.61. The number of alkyl halides is 2. The second-order valence-corrected chi connectivity index (χ2v) is 6.24. The molecular weight excluding hydrogens is 384 g/mol. The SMILES string of the molecule is Cc1ncc2ccc(-c3nc(N)nc(N[C@H](CO)c4ccn(C(F)F)n4)n3)cn12. The Morgan fingerprint density at radius 2 is 2.03 bits per heavy atom. The zero-order valence-corrected chi connectivity index (χ0v) is 15.2. The normalized spacial score (nSPS) is 12.6. The Bertz CT molecular complexity index is 1160. The number of rotatable bonds is 6. The topological polar surface area (TPSA) is 132 Å². The van der Waals surface area contributed by atoms with Crippen molar-refractivity contribution in [3.63, 3.8) is 0 Å². The predicted molar refractivity (Wildman–Crippen MR) is 100 cm³/mol. The molecule has 0 aliphatic carbocycles. The van der Waals surface area contributed by atoms with Gasteiger partial charge in [0.1, 0.15) is 5.82 Å². The van der Waals surface area contributed by atoms with Crippen molar-refractivity contribution in [1.29, 1.82) is 0 Å². The molecule has 0 aliphatic heterocycles. The number of aromatic nitrogens is 7. The van der Waals surface area contributed by atoms with Crippen molar-refractivity contribution in [2.75, 3.05) is 17.7 Å². The first-order chi connectivity index (χ1) is 13.9. The molecule has 0 saturated carbocycles. The van der Waals surface area contributed by atoms with Crippen molar-refractivity contribution >= 4 is 17.4 Å². The lowest BCUT2D eigenvalue weighted by Crippen LogP contribution is -2.18. The molecule has 4 rings (SSSR count). The number of pyridine rings is 1. The van der Waals surface area contributed by atoms with Crippen LogP contribution in [-0.4, -0.2) is 45.8 Å². The number of nitrogens with one attached hydrogen (secondary N) is 1. The molecule has 4 aromatic rings. The van der Waals surface area contributed by atoms with Crippen LogP contribution in [0.2, 0.25) is 0 Å². The fourth-order valence-electron chi connectivity index (χ4n) is 2.85. The van der Waals surface area contributed by atoms with Gasteiger partial charge >= 0.3 is 6.55 Å². The third kappa shape index (κ3) is 3.69. The molecule has 4 aromatic heterocycles. The van der Waals surface area contributed by atoms with E-state index in [0.29, 0.717) is 16.1 Å². The van der Waals surface area contributed by atoms with Gasteiger partial charge in [0.05, 0.1) is 30.1 Å². The smallest absolute Gasteiger partial charge is 0.333 e. The van der Waals surface area contributed by atoms with E-state index in [1.165, 1.54) is 6.07 Å². The van der Waals surface area contributed by atoms with Gasteiger partial charge in [-0.2, -0.15) is 28.8 Å². The van der Waals surface area contributed by atoms with Crippen LogP contribution in [-0.2, 0) is 0 Å². The second kappa shape index (κ2) is 7.39. The Balaban J connectivity index is 1.65. The summed E-state index contributed by atoms with van der Waals surface area (Å²) in [6.07, 6.45) is 4.70. The number of halogens is 2. The average molecular weight is 401 g/mol. The Hall–Kier alpha value is -3.67. The molecule has 4 N–H and O–H groups in total. The molecule has 0 unspecified atom stereocenters. The number of anilines is 2. The summed E-state index contributed by atoms with van der Waals surface area (Å²) < 4.78 is 27.9. The zero-order valence-electron chi connectivity index (χ0n) is 15.2. The molecule has 0 radical (unpaired) electrons. The van der Waals surface area contributed by atoms with Crippen LogP contribution >= 0.6 is 0 Å². The molecule has 0 aromatic carbocycles. The van der Waals surface area contributed by atoms with Gasteiger partial charge in [-0.15, -0.1) is 0 Å². The lowest BCUT2D eigenvalue weighted by Gasteiger charge is -2.15. The van der Waals surface area contributed by atoms with E-state index in [-0.39, 0.29) is 17.6 Å². The van der Waals surface area contributed by atoms with Crippen LogP contribution in [0.25, 0.3) is 16.9 Å². The summed E-state index contributed by atoms with van der Waals surface area (Å²) in [7, 11) is 0. The van der Waals surface area contributed by atoms with Gasteiger partial charge < -0.3 is 20.6 Å². The Morgan fingerprint density at radius 3 is 2.76 bits per heavy atom. The summed E-state index contributed by atoms with van der Waals surface area (Å²) in [6.45, 7) is -1.32. The molecular formula is C17H17F2N9O. The standard InChI is InChI=1S/C17H17F2N9O/c1-9-21-6-11-3-2-10(7-27(9)11)14-23-16(20)25-17(24-14)22-13(8-29)12-4-5-28(26-12)15(18)19/h2-7,13,15,29H,8H2,1H3,(H3,20,22,23,24,25)/t13-/m1/s1. The third-order valence-corrected chi connectivity index (χ3v) is 4.30. The van der Waals surface area contributed by atoms with Gasteiger partial charge in [0.15, 0.2) is 5.82 Å². The van der Waals surface area contributed by atoms with E-state index in [2.05, 4.69) is 30.4 Å². The quantitative estimate of drug-likeness (QED) is 0.446. The number of fused-ring (bicyclic) bond motifs is 1. The minimum atomic E-state index is -2.77. The molecule has 1 atom stereocenters. The second-order valence-electron chi connectivity index (χ2n) is 6.24. The van der Waals surface area contributed by atoms with Crippen molar-refractivity contribution in [3.8, 4) is 11.4 Å². The van der Waals surface area contributed by atoms with E-state index in [0.717, 1.165) is 17.5 Å². The van der Waals surface area contributed by atoms with Crippen LogP contribution in [0, 0.1) is 6.92 Å². The number of nitrogens with two attached hydrogens (primary N) is 1. The monoisotopic (exact) mass is 401 g/mol. The summed E-state index contributed by atoms with van der Waals surface area (Å²) in [5.41, 5.74) is 7.63. The lowest BCUT2D eigenvalue weighted by atomic mass is 10.2. The van der Waals surface area contributed by atoms with Crippen molar-refractivity contribution < 1.29 is 13.9 Å². The van der Waals surface area contributed by atoms with E-state index in [1.54, 1.807) is 6.20 Å². The number of hydrogen-bond acceptors (Lipinski definition) is 8. The maximum atomic E-state index is 12.7. The molecule has 0 aliphatic rings. The molecule has 150 valence electrons.